The topological polar surface area (TPSA) is 39.2 Å². The first-order valence-corrected chi connectivity index (χ1v) is 7.20. The zero-order chi connectivity index (χ0) is 14.0. The molecule has 0 saturated carbocycles. The summed E-state index contributed by atoms with van der Waals surface area (Å²) in [6.45, 7) is 3.93. The van der Waals surface area contributed by atoms with Crippen LogP contribution in [-0.4, -0.2) is 17.6 Å². The molecule has 100 valence electrons. The lowest BCUT2D eigenvalue weighted by Gasteiger charge is -1.99. The SMILES string of the molecule is CCOC(=O)c1nc(-c2ccc(Cl)c(Cl)c2)sc1C. The van der Waals surface area contributed by atoms with Crippen molar-refractivity contribution in [1.29, 1.82) is 0 Å². The molecule has 0 spiro atoms. The van der Waals surface area contributed by atoms with Crippen LogP contribution in [0.2, 0.25) is 10.0 Å². The molecule has 0 aliphatic carbocycles. The minimum absolute atomic E-state index is 0.331. The van der Waals surface area contributed by atoms with Crippen molar-refractivity contribution in [2.45, 2.75) is 13.8 Å². The highest BCUT2D eigenvalue weighted by Gasteiger charge is 2.17. The zero-order valence-corrected chi connectivity index (χ0v) is 12.7. The Labute approximate surface area is 125 Å². The van der Waals surface area contributed by atoms with Crippen LogP contribution in [0.25, 0.3) is 10.6 Å². The Bertz CT molecular complexity index is 625. The van der Waals surface area contributed by atoms with Crippen molar-refractivity contribution in [1.82, 2.24) is 4.98 Å². The number of halogens is 2. The van der Waals surface area contributed by atoms with Crippen molar-refractivity contribution < 1.29 is 9.53 Å². The third-order valence-electron chi connectivity index (χ3n) is 2.43. The van der Waals surface area contributed by atoms with Crippen LogP contribution in [0, 0.1) is 6.92 Å². The number of aryl methyl sites for hydroxylation is 1. The number of ether oxygens (including phenoxy) is 1. The molecule has 0 bridgehead atoms. The lowest BCUT2D eigenvalue weighted by atomic mass is 10.2. The van der Waals surface area contributed by atoms with E-state index in [1.807, 2.05) is 13.0 Å². The lowest BCUT2D eigenvalue weighted by molar-refractivity contribution is 0.0519. The van der Waals surface area contributed by atoms with Crippen LogP contribution in [-0.2, 0) is 4.74 Å². The number of carbonyl (C=O) groups is 1. The summed E-state index contributed by atoms with van der Waals surface area (Å²) < 4.78 is 4.96. The average molecular weight is 316 g/mol. The summed E-state index contributed by atoms with van der Waals surface area (Å²) in [5.41, 5.74) is 1.19. The van der Waals surface area contributed by atoms with Gasteiger partial charge < -0.3 is 4.74 Å². The smallest absolute Gasteiger partial charge is 0.358 e. The summed E-state index contributed by atoms with van der Waals surface area (Å²) >= 11 is 13.3. The van der Waals surface area contributed by atoms with Gasteiger partial charge >= 0.3 is 5.97 Å². The fourth-order valence-electron chi connectivity index (χ4n) is 1.54. The van der Waals surface area contributed by atoms with Gasteiger partial charge in [0.2, 0.25) is 0 Å². The third kappa shape index (κ3) is 3.08. The molecule has 1 aromatic carbocycles. The highest BCUT2D eigenvalue weighted by Crippen LogP contribution is 2.32. The summed E-state index contributed by atoms with van der Waals surface area (Å²) in [4.78, 5) is 16.8. The van der Waals surface area contributed by atoms with Crippen LogP contribution in [0.4, 0.5) is 0 Å². The molecule has 1 aromatic heterocycles. The standard InChI is InChI=1S/C13H11Cl2NO2S/c1-3-18-13(17)11-7(2)19-12(16-11)8-4-5-9(14)10(15)6-8/h4-6H,3H2,1-2H3. The van der Waals surface area contributed by atoms with Gasteiger partial charge in [0.25, 0.3) is 0 Å². The molecule has 2 aromatic rings. The van der Waals surface area contributed by atoms with Crippen molar-refractivity contribution in [3.63, 3.8) is 0 Å². The van der Waals surface area contributed by atoms with Crippen molar-refractivity contribution >= 4 is 40.5 Å². The van der Waals surface area contributed by atoms with Crippen LogP contribution in [0.15, 0.2) is 18.2 Å². The molecule has 0 radical (unpaired) electrons. The van der Waals surface area contributed by atoms with E-state index in [1.165, 1.54) is 11.3 Å². The molecule has 0 fully saturated rings. The fraction of sp³-hybridized carbons (Fsp3) is 0.231. The predicted molar refractivity (Wildman–Crippen MR) is 78.3 cm³/mol. The summed E-state index contributed by atoms with van der Waals surface area (Å²) in [6.07, 6.45) is 0. The number of benzene rings is 1. The number of nitrogens with zero attached hydrogens (tertiary/aromatic N) is 1. The Hall–Kier alpha value is -1.10. The zero-order valence-electron chi connectivity index (χ0n) is 10.4. The van der Waals surface area contributed by atoms with E-state index >= 15 is 0 Å². The molecule has 0 atom stereocenters. The number of carbonyl (C=O) groups excluding carboxylic acids is 1. The Morgan fingerprint density at radius 1 is 1.37 bits per heavy atom. The molecule has 0 aliphatic rings. The highest BCUT2D eigenvalue weighted by molar-refractivity contribution is 7.15. The molecule has 6 heteroatoms. The first-order valence-electron chi connectivity index (χ1n) is 5.63. The number of aromatic nitrogens is 1. The summed E-state index contributed by atoms with van der Waals surface area (Å²) in [6, 6.07) is 5.26. The molecule has 3 nitrogen and oxygen atoms in total. The van der Waals surface area contributed by atoms with Crippen LogP contribution < -0.4 is 0 Å². The van der Waals surface area contributed by atoms with Gasteiger partial charge in [0.05, 0.1) is 16.7 Å². The van der Waals surface area contributed by atoms with Gasteiger partial charge in [-0.05, 0) is 26.0 Å². The predicted octanol–water partition coefficient (Wildman–Crippen LogP) is 4.60. The van der Waals surface area contributed by atoms with Gasteiger partial charge in [-0.25, -0.2) is 9.78 Å². The van der Waals surface area contributed by atoms with E-state index in [4.69, 9.17) is 27.9 Å². The van der Waals surface area contributed by atoms with Crippen molar-refractivity contribution in [3.8, 4) is 10.6 Å². The molecular formula is C13H11Cl2NO2S. The highest BCUT2D eigenvalue weighted by atomic mass is 35.5. The second-order valence-electron chi connectivity index (χ2n) is 3.77. The minimum Gasteiger partial charge on any atom is -0.461 e. The average Bonchev–Trinajstić information content (AvgIpc) is 2.75. The number of thiazole rings is 1. The molecule has 0 amide bonds. The molecule has 0 N–H and O–H groups in total. The number of esters is 1. The first-order chi connectivity index (χ1) is 9.02. The van der Waals surface area contributed by atoms with Gasteiger partial charge in [0.1, 0.15) is 5.01 Å². The Morgan fingerprint density at radius 2 is 2.11 bits per heavy atom. The van der Waals surface area contributed by atoms with Gasteiger partial charge in [0, 0.05) is 10.4 Å². The maximum atomic E-state index is 11.7. The summed E-state index contributed by atoms with van der Waals surface area (Å²) in [5, 5.41) is 1.67. The van der Waals surface area contributed by atoms with E-state index in [0.29, 0.717) is 22.3 Å². The molecular weight excluding hydrogens is 305 g/mol. The van der Waals surface area contributed by atoms with Gasteiger partial charge in [-0.3, -0.25) is 0 Å². The molecule has 19 heavy (non-hydrogen) atoms. The van der Waals surface area contributed by atoms with Gasteiger partial charge in [-0.1, -0.05) is 29.3 Å². The maximum Gasteiger partial charge on any atom is 0.358 e. The molecule has 0 saturated heterocycles. The summed E-state index contributed by atoms with van der Waals surface area (Å²) in [5.74, 6) is -0.400. The van der Waals surface area contributed by atoms with Crippen molar-refractivity contribution in [2.75, 3.05) is 6.61 Å². The van der Waals surface area contributed by atoms with E-state index in [9.17, 15) is 4.79 Å². The van der Waals surface area contributed by atoms with Crippen LogP contribution in [0.3, 0.4) is 0 Å². The normalized spacial score (nSPS) is 10.5. The first kappa shape index (κ1) is 14.3. The number of rotatable bonds is 3. The van der Waals surface area contributed by atoms with Crippen LogP contribution in [0.5, 0.6) is 0 Å². The van der Waals surface area contributed by atoms with E-state index < -0.39 is 5.97 Å². The lowest BCUT2D eigenvalue weighted by Crippen LogP contribution is -2.06. The third-order valence-corrected chi connectivity index (χ3v) is 4.19. The maximum absolute atomic E-state index is 11.7. The van der Waals surface area contributed by atoms with E-state index in [-0.39, 0.29) is 0 Å². The number of hydrogen-bond donors (Lipinski definition) is 0. The van der Waals surface area contributed by atoms with Gasteiger partial charge in [0.15, 0.2) is 5.69 Å². The van der Waals surface area contributed by atoms with E-state index in [0.717, 1.165) is 15.4 Å². The Morgan fingerprint density at radius 3 is 2.74 bits per heavy atom. The molecule has 0 aliphatic heterocycles. The number of hydrogen-bond acceptors (Lipinski definition) is 4. The quantitative estimate of drug-likeness (QED) is 0.777. The second kappa shape index (κ2) is 5.90. The fourth-order valence-corrected chi connectivity index (χ4v) is 2.73. The Kier molecular flexibility index (Phi) is 4.45. The van der Waals surface area contributed by atoms with Crippen molar-refractivity contribution in [2.24, 2.45) is 0 Å². The minimum atomic E-state index is -0.400. The molecule has 0 unspecified atom stereocenters. The largest absolute Gasteiger partial charge is 0.461 e. The molecule has 1 heterocycles. The Balaban J connectivity index is 2.38. The second-order valence-corrected chi connectivity index (χ2v) is 5.79. The van der Waals surface area contributed by atoms with Crippen LogP contribution >= 0.6 is 34.5 Å². The van der Waals surface area contributed by atoms with Crippen LogP contribution in [0.1, 0.15) is 22.3 Å². The monoisotopic (exact) mass is 315 g/mol. The molecule has 2 rings (SSSR count). The van der Waals surface area contributed by atoms with E-state index in [2.05, 4.69) is 4.98 Å². The van der Waals surface area contributed by atoms with E-state index in [1.54, 1.807) is 19.1 Å². The van der Waals surface area contributed by atoms with Gasteiger partial charge in [-0.2, -0.15) is 0 Å². The van der Waals surface area contributed by atoms with Gasteiger partial charge in [-0.15, -0.1) is 11.3 Å². The summed E-state index contributed by atoms with van der Waals surface area (Å²) in [7, 11) is 0. The van der Waals surface area contributed by atoms with Crippen molar-refractivity contribution in [3.05, 3.63) is 38.8 Å².